The fraction of sp³-hybridized carbons (Fsp3) is 0.625. The molecule has 0 aromatic heterocycles. The third-order valence-corrected chi connectivity index (χ3v) is 5.77. The van der Waals surface area contributed by atoms with Gasteiger partial charge in [0.2, 0.25) is 5.91 Å². The van der Waals surface area contributed by atoms with Gasteiger partial charge in [-0.25, -0.2) is 0 Å². The summed E-state index contributed by atoms with van der Waals surface area (Å²) in [4.78, 5) is 34.9. The number of carbonyl (C=O) groups excluding carboxylic acids is 2. The third-order valence-electron chi connectivity index (χ3n) is 4.80. The zero-order chi connectivity index (χ0) is 23.8. The van der Waals surface area contributed by atoms with E-state index in [0.717, 1.165) is 31.4 Å². The van der Waals surface area contributed by atoms with Gasteiger partial charge in [-0.1, -0.05) is 41.9 Å². The minimum absolute atomic E-state index is 0.158. The maximum absolute atomic E-state index is 12.0. The quantitative estimate of drug-likeness (QED) is 0.238. The summed E-state index contributed by atoms with van der Waals surface area (Å²) in [6.45, 7) is 9.82. The zero-order valence-electron chi connectivity index (χ0n) is 19.7. The second-order valence-electron chi connectivity index (χ2n) is 8.23. The number of rotatable bonds is 16. The van der Waals surface area contributed by atoms with Gasteiger partial charge in [-0.3, -0.25) is 14.4 Å². The number of ketones is 1. The summed E-state index contributed by atoms with van der Waals surface area (Å²) in [7, 11) is 0. The van der Waals surface area contributed by atoms with Crippen LogP contribution in [0.15, 0.2) is 34.9 Å². The Morgan fingerprint density at radius 1 is 1.00 bits per heavy atom. The summed E-state index contributed by atoms with van der Waals surface area (Å²) in [5, 5.41) is 11.5. The number of hydrogen-bond donors (Lipinski definition) is 3. The van der Waals surface area contributed by atoms with Crippen LogP contribution in [0.2, 0.25) is 0 Å². The van der Waals surface area contributed by atoms with Crippen molar-refractivity contribution in [2.45, 2.75) is 72.8 Å². The van der Waals surface area contributed by atoms with Crippen molar-refractivity contribution < 1.29 is 19.5 Å². The molecule has 0 rings (SSSR count). The van der Waals surface area contributed by atoms with Crippen molar-refractivity contribution >= 4 is 29.4 Å². The van der Waals surface area contributed by atoms with E-state index >= 15 is 0 Å². The lowest BCUT2D eigenvalue weighted by molar-refractivity contribution is -0.143. The van der Waals surface area contributed by atoms with Gasteiger partial charge in [0.1, 0.15) is 0 Å². The monoisotopic (exact) mass is 452 g/mol. The normalized spacial score (nSPS) is 14.0. The Bertz CT molecular complexity index is 679. The van der Waals surface area contributed by atoms with Gasteiger partial charge in [-0.05, 0) is 53.4 Å². The fourth-order valence-corrected chi connectivity index (χ4v) is 3.75. The van der Waals surface area contributed by atoms with Crippen LogP contribution in [0, 0.1) is 5.92 Å². The highest BCUT2D eigenvalue weighted by Gasteiger charge is 2.22. The SMILES string of the molecule is CC(C)=CCC/C(C)=C/CC/C(C)=C/CSC[C@H](NC(=O)C[C@@H](C)C(=O)O)C(=O)CN. The second kappa shape index (κ2) is 16.8. The van der Waals surface area contributed by atoms with E-state index in [1.165, 1.54) is 23.6 Å². The summed E-state index contributed by atoms with van der Waals surface area (Å²) in [5.41, 5.74) is 9.51. The molecule has 0 aromatic carbocycles. The summed E-state index contributed by atoms with van der Waals surface area (Å²) >= 11 is 1.55. The van der Waals surface area contributed by atoms with Crippen LogP contribution in [0.5, 0.6) is 0 Å². The third kappa shape index (κ3) is 15.6. The summed E-state index contributed by atoms with van der Waals surface area (Å²) < 4.78 is 0. The maximum Gasteiger partial charge on any atom is 0.306 e. The molecule has 0 aliphatic rings. The van der Waals surface area contributed by atoms with Crippen LogP contribution in [-0.2, 0) is 14.4 Å². The Morgan fingerprint density at radius 3 is 2.13 bits per heavy atom. The average Bonchev–Trinajstić information content (AvgIpc) is 2.69. The van der Waals surface area contributed by atoms with E-state index < -0.39 is 23.8 Å². The molecule has 6 nitrogen and oxygen atoms in total. The van der Waals surface area contributed by atoms with Crippen LogP contribution < -0.4 is 11.1 Å². The number of carboxylic acid groups (broad SMARTS) is 1. The molecule has 0 aromatic rings. The van der Waals surface area contributed by atoms with Crippen LogP contribution in [0.1, 0.15) is 66.7 Å². The Balaban J connectivity index is 4.40. The van der Waals surface area contributed by atoms with Crippen molar-refractivity contribution in [1.29, 1.82) is 0 Å². The van der Waals surface area contributed by atoms with Crippen LogP contribution in [-0.4, -0.2) is 46.9 Å². The number of carboxylic acids is 1. The van der Waals surface area contributed by atoms with E-state index in [9.17, 15) is 14.4 Å². The first kappa shape index (κ1) is 29.1. The van der Waals surface area contributed by atoms with Crippen molar-refractivity contribution in [3.63, 3.8) is 0 Å². The Hall–Kier alpha value is -1.86. The average molecular weight is 453 g/mol. The summed E-state index contributed by atoms with van der Waals surface area (Å²) in [6.07, 6.45) is 10.7. The molecule has 0 spiro atoms. The number of allylic oxidation sites excluding steroid dienone is 5. The van der Waals surface area contributed by atoms with Crippen LogP contribution in [0.3, 0.4) is 0 Å². The molecular formula is C24H40N2O4S. The van der Waals surface area contributed by atoms with Gasteiger partial charge in [0.25, 0.3) is 0 Å². The highest BCUT2D eigenvalue weighted by molar-refractivity contribution is 7.99. The lowest BCUT2D eigenvalue weighted by Gasteiger charge is -2.17. The molecule has 0 saturated heterocycles. The smallest absolute Gasteiger partial charge is 0.306 e. The van der Waals surface area contributed by atoms with Gasteiger partial charge in [-0.2, -0.15) is 11.8 Å². The summed E-state index contributed by atoms with van der Waals surface area (Å²) in [6, 6.07) is -0.691. The van der Waals surface area contributed by atoms with Crippen LogP contribution in [0.25, 0.3) is 0 Å². The molecule has 0 bridgehead atoms. The van der Waals surface area contributed by atoms with Crippen molar-refractivity contribution in [2.24, 2.45) is 11.7 Å². The van der Waals surface area contributed by atoms with E-state index in [2.05, 4.69) is 51.2 Å². The number of Topliss-reactive ketones (excluding diaryl/α,β-unsaturated/α-hetero) is 1. The molecule has 0 heterocycles. The van der Waals surface area contributed by atoms with Gasteiger partial charge in [0.15, 0.2) is 5.78 Å². The largest absolute Gasteiger partial charge is 0.481 e. The molecule has 1 amide bonds. The number of nitrogens with two attached hydrogens (primary N) is 1. The van der Waals surface area contributed by atoms with E-state index in [1.54, 1.807) is 11.8 Å². The van der Waals surface area contributed by atoms with Gasteiger partial charge in [0.05, 0.1) is 18.5 Å². The highest BCUT2D eigenvalue weighted by Crippen LogP contribution is 2.13. The molecule has 0 fully saturated rings. The molecule has 0 unspecified atom stereocenters. The first-order valence-corrected chi connectivity index (χ1v) is 12.0. The number of nitrogens with one attached hydrogen (secondary N) is 1. The van der Waals surface area contributed by atoms with Gasteiger partial charge in [-0.15, -0.1) is 0 Å². The van der Waals surface area contributed by atoms with Gasteiger partial charge >= 0.3 is 5.97 Å². The topological polar surface area (TPSA) is 109 Å². The van der Waals surface area contributed by atoms with E-state index in [4.69, 9.17) is 10.8 Å². The molecular weight excluding hydrogens is 412 g/mol. The maximum atomic E-state index is 12.0. The minimum atomic E-state index is -1.04. The van der Waals surface area contributed by atoms with Gasteiger partial charge < -0.3 is 16.2 Å². The molecule has 0 aliphatic heterocycles. The minimum Gasteiger partial charge on any atom is -0.481 e. The van der Waals surface area contributed by atoms with Crippen LogP contribution in [0.4, 0.5) is 0 Å². The highest BCUT2D eigenvalue weighted by atomic mass is 32.2. The fourth-order valence-electron chi connectivity index (χ4n) is 2.70. The second-order valence-corrected chi connectivity index (χ2v) is 9.31. The molecule has 2 atom stereocenters. The molecule has 0 aliphatic carbocycles. The molecule has 0 saturated carbocycles. The van der Waals surface area contributed by atoms with Crippen molar-refractivity contribution in [3.8, 4) is 0 Å². The van der Waals surface area contributed by atoms with Gasteiger partial charge in [0, 0.05) is 17.9 Å². The lowest BCUT2D eigenvalue weighted by atomic mass is 10.1. The Morgan fingerprint density at radius 2 is 1.58 bits per heavy atom. The Labute approximate surface area is 191 Å². The van der Waals surface area contributed by atoms with E-state index in [1.807, 2.05) is 0 Å². The number of amides is 1. The number of carbonyl (C=O) groups is 3. The number of hydrogen-bond acceptors (Lipinski definition) is 5. The number of thioether (sulfide) groups is 1. The zero-order valence-corrected chi connectivity index (χ0v) is 20.5. The van der Waals surface area contributed by atoms with E-state index in [-0.39, 0.29) is 18.7 Å². The van der Waals surface area contributed by atoms with Crippen molar-refractivity contribution in [1.82, 2.24) is 5.32 Å². The van der Waals surface area contributed by atoms with E-state index in [0.29, 0.717) is 5.75 Å². The molecule has 7 heteroatoms. The molecule has 31 heavy (non-hydrogen) atoms. The molecule has 0 radical (unpaired) electrons. The van der Waals surface area contributed by atoms with Crippen molar-refractivity contribution in [3.05, 3.63) is 34.9 Å². The van der Waals surface area contributed by atoms with Crippen molar-refractivity contribution in [2.75, 3.05) is 18.1 Å². The number of aliphatic carboxylic acids is 1. The Kier molecular flexibility index (Phi) is 15.8. The standard InChI is InChI=1S/C24H40N2O4S/c1-17(2)8-6-9-18(3)10-7-11-19(4)12-13-31-16-21(22(27)15-25)26-23(28)14-20(5)24(29)30/h8,10,12,20-21H,6-7,9,11,13-16,25H2,1-5H3,(H,26,28)(H,29,30)/b18-10+,19-12+/t20-,21+/m1/s1. The first-order valence-electron chi connectivity index (χ1n) is 10.8. The predicted molar refractivity (Wildman–Crippen MR) is 130 cm³/mol. The summed E-state index contributed by atoms with van der Waals surface area (Å²) in [5.74, 6) is -1.37. The first-order chi connectivity index (χ1) is 14.6. The predicted octanol–water partition coefficient (Wildman–Crippen LogP) is 4.26. The molecule has 176 valence electrons. The molecule has 4 N–H and O–H groups in total. The lowest BCUT2D eigenvalue weighted by Crippen LogP contribution is -2.45. The van der Waals surface area contributed by atoms with Crippen LogP contribution >= 0.6 is 11.8 Å².